The molecule has 0 aliphatic carbocycles. The molecular weight excluding hydrogens is 1850 g/mol. The fourth-order valence-corrected chi connectivity index (χ4v) is 18.2. The van der Waals surface area contributed by atoms with Crippen molar-refractivity contribution in [2.24, 2.45) is 59.0 Å². The molecule has 2 unspecified atom stereocenters. The number of unbranched alkanes of at least 4 members (excludes halogenated alkanes) is 1. The molecule has 1 aliphatic heterocycles. The van der Waals surface area contributed by atoms with E-state index in [2.05, 4.69) is 16.0 Å². The first kappa shape index (κ1) is 125. The standard InChI is InChI=1S/C103H169N7O30S/c1-17-76(8)95(91(126-15)70-92(114)110-39-24-29-87(110)98(127-16)78(10)88(111)67-77(9)96(115)80-25-19-18-20-26-80)108(11)101(119)86(73(2)3)69-90(113)94(75(6)7)109(12)103(121)140-71-79-30-36-85(37-31-79)106-100(118)83(28-23-38-105-102(104)120)68-89(112)93(74(4)5)107-99(117)82-34-32-81(33-35-82)97(116)84(27-21-22-40-128-45-46-131-51-52-134-57-58-135-55-53-132-49-47-129-43-41-124-13)72-141(122,123)66-65-139-64-63-138-62-61-137-60-59-136-56-54-133-50-48-130-44-42-125-14/h18-20,25-26,30-37,73-78,83-84,86-87,91,93-96,98,115H,17,21-24,27-29,38-72H2,1-16H3,(H,106,118)(H,107,117)(H3,104,105,120)/t76-,77-,78-,83+,84?,86?,87-,91+,93-,94-,95-,96+,98+/m0/s1. The first-order valence-corrected chi connectivity index (χ1v) is 51.8. The summed E-state index contributed by atoms with van der Waals surface area (Å²) in [5, 5.41) is 19.3. The number of aliphatic hydroxyl groups excluding tert-OH is 1. The molecule has 7 amide bonds. The number of aliphatic hydroxyl groups is 1. The number of carbonyl (C=O) groups is 10. The summed E-state index contributed by atoms with van der Waals surface area (Å²) < 4.78 is 122. The van der Waals surface area contributed by atoms with E-state index in [0.29, 0.717) is 195 Å². The van der Waals surface area contributed by atoms with Gasteiger partial charge in [-0.2, -0.15) is 0 Å². The predicted octanol–water partition coefficient (Wildman–Crippen LogP) is 10.1. The van der Waals surface area contributed by atoms with Crippen LogP contribution in [0.15, 0.2) is 78.9 Å². The molecule has 1 saturated heterocycles. The number of ether oxygens (including phenoxy) is 17. The van der Waals surface area contributed by atoms with Crippen LogP contribution >= 0.6 is 0 Å². The molecule has 13 atom stereocenters. The van der Waals surface area contributed by atoms with E-state index in [1.807, 2.05) is 71.9 Å². The summed E-state index contributed by atoms with van der Waals surface area (Å²) in [6.07, 6.45) is -0.0763. The summed E-state index contributed by atoms with van der Waals surface area (Å²) >= 11 is 0. The van der Waals surface area contributed by atoms with Gasteiger partial charge >= 0.3 is 12.1 Å². The Bertz CT molecular complexity index is 4100. The van der Waals surface area contributed by atoms with Crippen LogP contribution in [0.3, 0.4) is 0 Å². The number of hydrogen-bond acceptors (Lipinski definition) is 30. The zero-order chi connectivity index (χ0) is 104. The average molecular weight is 2020 g/mol. The van der Waals surface area contributed by atoms with Crippen molar-refractivity contribution in [2.45, 2.75) is 195 Å². The summed E-state index contributed by atoms with van der Waals surface area (Å²) in [5.74, 6) is -9.04. The lowest BCUT2D eigenvalue weighted by atomic mass is 9.83. The van der Waals surface area contributed by atoms with Gasteiger partial charge in [0.1, 0.15) is 12.4 Å². The van der Waals surface area contributed by atoms with Gasteiger partial charge in [0.2, 0.25) is 17.7 Å². The van der Waals surface area contributed by atoms with E-state index < -0.39 is 129 Å². The predicted molar refractivity (Wildman–Crippen MR) is 532 cm³/mol. The van der Waals surface area contributed by atoms with Crippen LogP contribution in [0.2, 0.25) is 0 Å². The third kappa shape index (κ3) is 49.7. The van der Waals surface area contributed by atoms with Gasteiger partial charge in [0, 0.05) is 122 Å². The Morgan fingerprint density at radius 1 is 0.511 bits per heavy atom. The average Bonchev–Trinajstić information content (AvgIpc) is 1.75. The van der Waals surface area contributed by atoms with E-state index in [4.69, 9.17) is 86.3 Å². The van der Waals surface area contributed by atoms with Crippen molar-refractivity contribution < 1.29 is 142 Å². The number of likely N-dealkylation sites (tertiary alicyclic amines) is 1. The summed E-state index contributed by atoms with van der Waals surface area (Å²) in [6.45, 7) is 28.4. The second kappa shape index (κ2) is 73.2. The zero-order valence-electron chi connectivity index (χ0n) is 86.8. The maximum Gasteiger partial charge on any atom is 0.410 e. The normalized spacial score (nSPS) is 15.5. The van der Waals surface area contributed by atoms with Crippen molar-refractivity contribution >= 4 is 74.4 Å². The Labute approximate surface area is 837 Å². The van der Waals surface area contributed by atoms with Gasteiger partial charge in [-0.25, -0.2) is 18.0 Å². The van der Waals surface area contributed by atoms with Crippen LogP contribution in [-0.4, -0.2) is 362 Å². The molecule has 3 aromatic rings. The third-order valence-corrected chi connectivity index (χ3v) is 26.7. The summed E-state index contributed by atoms with van der Waals surface area (Å²) in [5.41, 5.74) is 7.20. The fourth-order valence-electron chi connectivity index (χ4n) is 16.7. The number of hydrogen-bond donors (Lipinski definition) is 5. The van der Waals surface area contributed by atoms with Crippen molar-refractivity contribution in [3.8, 4) is 0 Å². The molecule has 0 bridgehead atoms. The van der Waals surface area contributed by atoms with Gasteiger partial charge in [0.15, 0.2) is 27.2 Å². The van der Waals surface area contributed by atoms with E-state index in [-0.39, 0.29) is 143 Å². The molecule has 3 aromatic carbocycles. The SMILES string of the molecule is CC[C@H](C)[C@@H]([C@@H](CC(=O)N1CCC[C@H]1[C@H](OC)[C@@H](C)C(=O)C[C@H](C)[C@@H](O)c1ccccc1)OC)N(C)C(=O)C(CC(=O)[C@H](C(C)C)N(C)C(=O)OCc1ccc(NC(=O)[C@H](CCCNC(N)=O)CC(=O)[C@@H](NC(=O)c2ccc(C(=O)C(CCCCOCCOCCOCCOCCOCCOCCOC)CS(=O)(=O)CCOCCOCCOCCOCCOCCOCCOC)cc2)C(C)C)cc1)C(C)C. The van der Waals surface area contributed by atoms with Gasteiger partial charge in [-0.1, -0.05) is 137 Å². The molecule has 1 fully saturated rings. The van der Waals surface area contributed by atoms with Gasteiger partial charge in [-0.05, 0) is 104 Å². The Balaban J connectivity index is 1.36. The summed E-state index contributed by atoms with van der Waals surface area (Å²) in [4.78, 5) is 146. The highest BCUT2D eigenvalue weighted by Crippen LogP contribution is 2.34. The van der Waals surface area contributed by atoms with Gasteiger partial charge in [-0.3, -0.25) is 38.4 Å². The summed E-state index contributed by atoms with van der Waals surface area (Å²) in [6, 6.07) is 17.5. The van der Waals surface area contributed by atoms with Crippen LogP contribution in [0.25, 0.3) is 0 Å². The van der Waals surface area contributed by atoms with Crippen molar-refractivity contribution in [3.05, 3.63) is 101 Å². The van der Waals surface area contributed by atoms with E-state index in [1.165, 1.54) is 43.3 Å². The lowest BCUT2D eigenvalue weighted by Gasteiger charge is -2.41. The first-order valence-electron chi connectivity index (χ1n) is 50.0. The molecule has 6 N–H and O–H groups in total. The van der Waals surface area contributed by atoms with Gasteiger partial charge in [0.25, 0.3) is 5.91 Å². The molecule has 4 rings (SSSR count). The monoisotopic (exact) mass is 2020 g/mol. The molecule has 0 aromatic heterocycles. The number of methoxy groups -OCH3 is 4. The fraction of sp³-hybridized carbons (Fsp3) is 0.728. The Kier molecular flexibility index (Phi) is 65.0. The van der Waals surface area contributed by atoms with Crippen molar-refractivity contribution in [1.82, 2.24) is 25.3 Å². The lowest BCUT2D eigenvalue weighted by molar-refractivity contribution is -0.149. The maximum absolute atomic E-state index is 15.0. The molecule has 802 valence electrons. The number of carbonyl (C=O) groups excluding carboxylic acids is 10. The summed E-state index contributed by atoms with van der Waals surface area (Å²) in [7, 11) is 5.57. The van der Waals surface area contributed by atoms with Crippen LogP contribution in [0.5, 0.6) is 0 Å². The van der Waals surface area contributed by atoms with E-state index in [9.17, 15) is 56.7 Å². The van der Waals surface area contributed by atoms with Crippen LogP contribution in [-0.2, 0) is 126 Å². The number of primary amides is 1. The number of sulfone groups is 1. The molecule has 0 saturated carbocycles. The van der Waals surface area contributed by atoms with Crippen LogP contribution in [0.1, 0.15) is 184 Å². The number of Topliss-reactive ketones (excluding diaryl/α,β-unsaturated/α-hetero) is 4. The Hall–Kier alpha value is -7.97. The van der Waals surface area contributed by atoms with Gasteiger partial charge in [-0.15, -0.1) is 0 Å². The van der Waals surface area contributed by atoms with Crippen molar-refractivity contribution in [2.75, 3.05) is 244 Å². The van der Waals surface area contributed by atoms with Crippen molar-refractivity contribution in [3.63, 3.8) is 0 Å². The highest BCUT2D eigenvalue weighted by atomic mass is 32.2. The van der Waals surface area contributed by atoms with Crippen molar-refractivity contribution in [1.29, 1.82) is 0 Å². The minimum Gasteiger partial charge on any atom is -0.445 e. The Morgan fingerprint density at radius 2 is 1.00 bits per heavy atom. The highest BCUT2D eigenvalue weighted by molar-refractivity contribution is 7.91. The smallest absolute Gasteiger partial charge is 0.410 e. The number of nitrogens with zero attached hydrogens (tertiary/aromatic N) is 3. The van der Waals surface area contributed by atoms with Crippen LogP contribution < -0.4 is 21.7 Å². The van der Waals surface area contributed by atoms with E-state index >= 15 is 4.79 Å². The number of anilines is 1. The molecule has 1 heterocycles. The molecule has 0 radical (unpaired) electrons. The second-order valence-electron chi connectivity index (χ2n) is 36.7. The van der Waals surface area contributed by atoms with Gasteiger partial charge in [0.05, 0.1) is 226 Å². The number of amides is 7. The number of nitrogens with two attached hydrogens (primary N) is 1. The number of nitrogens with one attached hydrogen (secondary N) is 3. The van der Waals surface area contributed by atoms with Gasteiger partial charge < -0.3 is 122 Å². The molecule has 38 heteroatoms. The minimum atomic E-state index is -3.86. The zero-order valence-corrected chi connectivity index (χ0v) is 87.6. The largest absolute Gasteiger partial charge is 0.445 e. The second-order valence-corrected chi connectivity index (χ2v) is 39.0. The number of urea groups is 1. The topological polar surface area (TPSA) is 454 Å². The quantitative estimate of drug-likeness (QED) is 0.0259. The van der Waals surface area contributed by atoms with Crippen LogP contribution in [0, 0.1) is 53.3 Å². The minimum absolute atomic E-state index is 0.0750. The van der Waals surface area contributed by atoms with E-state index in [0.717, 1.165) is 5.56 Å². The number of ketones is 4. The molecule has 37 nitrogen and oxygen atoms in total. The lowest BCUT2D eigenvalue weighted by Crippen LogP contribution is -2.54. The number of rotatable bonds is 84. The number of benzene rings is 3. The van der Waals surface area contributed by atoms with Crippen LogP contribution in [0.4, 0.5) is 15.3 Å². The molecule has 0 spiro atoms. The number of likely N-dealkylation sites (N-methyl/N-ethyl adjacent to an activating group) is 2. The first-order chi connectivity index (χ1) is 67.7. The highest BCUT2D eigenvalue weighted by Gasteiger charge is 2.45. The third-order valence-electron chi connectivity index (χ3n) is 25.0. The molecular formula is C103H169N7O30S. The molecule has 1 aliphatic rings. The van der Waals surface area contributed by atoms with E-state index in [1.54, 1.807) is 90.1 Å². The molecule has 141 heavy (non-hydrogen) atoms. The maximum atomic E-state index is 15.0. The Morgan fingerprint density at radius 3 is 1.47 bits per heavy atom.